The number of aliphatic hydroxyl groups is 1. The highest BCUT2D eigenvalue weighted by molar-refractivity contribution is 7.16. The molecule has 4 aromatic rings. The Morgan fingerprint density at radius 1 is 1.21 bits per heavy atom. The lowest BCUT2D eigenvalue weighted by Gasteiger charge is -2.45. The summed E-state index contributed by atoms with van der Waals surface area (Å²) in [5.74, 6) is 2.13. The van der Waals surface area contributed by atoms with Gasteiger partial charge in [-0.2, -0.15) is 10.4 Å². The topological polar surface area (TPSA) is 146 Å². The molecule has 0 unspecified atom stereocenters. The van der Waals surface area contributed by atoms with Gasteiger partial charge in [0.1, 0.15) is 16.9 Å². The van der Waals surface area contributed by atoms with Crippen LogP contribution in [0, 0.1) is 11.3 Å². The fourth-order valence-corrected chi connectivity index (χ4v) is 9.57. The number of hydrogen-bond acceptors (Lipinski definition) is 11. The second-order valence-electron chi connectivity index (χ2n) is 13.4. The molecule has 6 heterocycles. The van der Waals surface area contributed by atoms with E-state index >= 15 is 0 Å². The van der Waals surface area contributed by atoms with Gasteiger partial charge < -0.3 is 25.2 Å². The van der Waals surface area contributed by atoms with E-state index in [9.17, 15) is 10.4 Å². The van der Waals surface area contributed by atoms with E-state index in [4.69, 9.17) is 25.3 Å². The van der Waals surface area contributed by atoms with Crippen molar-refractivity contribution in [2.24, 2.45) is 0 Å². The zero-order valence-corrected chi connectivity index (χ0v) is 25.7. The predicted molar refractivity (Wildman–Crippen MR) is 164 cm³/mol. The second-order valence-corrected chi connectivity index (χ2v) is 14.5. The van der Waals surface area contributed by atoms with Crippen LogP contribution in [0.15, 0.2) is 10.7 Å². The summed E-state index contributed by atoms with van der Waals surface area (Å²) in [6, 6.07) is 2.91. The first kappa shape index (κ1) is 27.0. The third-order valence-corrected chi connectivity index (χ3v) is 11.5. The summed E-state index contributed by atoms with van der Waals surface area (Å²) >= 11 is 1.55. The molecule has 0 radical (unpaired) electrons. The van der Waals surface area contributed by atoms with Crippen molar-refractivity contribution in [3.63, 3.8) is 0 Å². The average Bonchev–Trinajstić information content (AvgIpc) is 3.76. The van der Waals surface area contributed by atoms with Gasteiger partial charge in [0.05, 0.1) is 34.2 Å². The number of nitrogens with two attached hydrogens (primary N) is 1. The molecule has 43 heavy (non-hydrogen) atoms. The minimum absolute atomic E-state index is 0.128. The molecule has 4 aliphatic rings. The summed E-state index contributed by atoms with van der Waals surface area (Å²) in [4.78, 5) is 15.9. The molecular formula is C31H37N9O2S. The standard InChI is InChI=1S/C31H37N9O2S/c1-17(21-8-6-12-38(21)3)40-29-20(14-34-40)28(39-15-30(2,41)16-39)35-27(36-29)24-18-7-4-10-31(25(18)42-37-24)11-5-9-22-23(31)19(13-32)26(33)43-22/h14,17,21,41H,4-12,15-16,33H2,1-3H3/t17-,21-,31-/m0/s1. The Kier molecular flexibility index (Phi) is 5.97. The largest absolute Gasteiger partial charge is 0.389 e. The quantitative estimate of drug-likeness (QED) is 0.350. The van der Waals surface area contributed by atoms with Crippen LogP contribution in [-0.2, 0) is 18.3 Å². The minimum atomic E-state index is -0.758. The van der Waals surface area contributed by atoms with E-state index < -0.39 is 11.0 Å². The van der Waals surface area contributed by atoms with E-state index in [2.05, 4.69) is 35.0 Å². The Labute approximate surface area is 254 Å². The van der Waals surface area contributed by atoms with E-state index in [1.165, 1.54) is 11.3 Å². The van der Waals surface area contributed by atoms with Crippen molar-refractivity contribution in [2.75, 3.05) is 37.3 Å². The summed E-state index contributed by atoms with van der Waals surface area (Å²) in [5, 5.41) is 31.7. The third kappa shape index (κ3) is 3.90. The van der Waals surface area contributed by atoms with Crippen molar-refractivity contribution in [3.05, 3.63) is 33.5 Å². The number of fused-ring (bicyclic) bond motifs is 5. The van der Waals surface area contributed by atoms with Crippen LogP contribution >= 0.6 is 11.3 Å². The minimum Gasteiger partial charge on any atom is -0.389 e. The van der Waals surface area contributed by atoms with Crippen LogP contribution in [0.4, 0.5) is 10.8 Å². The molecule has 11 nitrogen and oxygen atoms in total. The summed E-state index contributed by atoms with van der Waals surface area (Å²) in [7, 11) is 2.18. The van der Waals surface area contributed by atoms with Crippen molar-refractivity contribution in [2.45, 2.75) is 88.3 Å². The van der Waals surface area contributed by atoms with Gasteiger partial charge >= 0.3 is 0 Å². The van der Waals surface area contributed by atoms with E-state index in [0.717, 1.165) is 85.2 Å². The Morgan fingerprint density at radius 3 is 2.72 bits per heavy atom. The number of likely N-dealkylation sites (tertiary alicyclic amines) is 1. The number of hydrogen-bond donors (Lipinski definition) is 2. The smallest absolute Gasteiger partial charge is 0.186 e. The number of rotatable bonds is 4. The summed E-state index contributed by atoms with van der Waals surface area (Å²) < 4.78 is 8.33. The molecule has 0 bridgehead atoms. The molecule has 2 aliphatic heterocycles. The Bertz CT molecular complexity index is 1790. The van der Waals surface area contributed by atoms with Gasteiger partial charge in [-0.05, 0) is 84.4 Å². The monoisotopic (exact) mass is 599 g/mol. The van der Waals surface area contributed by atoms with Crippen LogP contribution in [0.5, 0.6) is 0 Å². The molecule has 3 N–H and O–H groups in total. The third-order valence-electron chi connectivity index (χ3n) is 10.4. The number of aromatic nitrogens is 5. The van der Waals surface area contributed by atoms with Gasteiger partial charge in [0.2, 0.25) is 0 Å². The summed E-state index contributed by atoms with van der Waals surface area (Å²) in [5.41, 5.74) is 9.32. The lowest BCUT2D eigenvalue weighted by molar-refractivity contribution is 0.0307. The number of nitriles is 1. The van der Waals surface area contributed by atoms with E-state index in [1.54, 1.807) is 11.3 Å². The molecule has 2 saturated heterocycles. The molecule has 2 aliphatic carbocycles. The van der Waals surface area contributed by atoms with Gasteiger partial charge in [0.15, 0.2) is 22.9 Å². The molecule has 224 valence electrons. The second kappa shape index (κ2) is 9.48. The maximum absolute atomic E-state index is 10.6. The lowest BCUT2D eigenvalue weighted by atomic mass is 9.63. The van der Waals surface area contributed by atoms with Crippen LogP contribution in [0.3, 0.4) is 0 Å². The zero-order chi connectivity index (χ0) is 29.7. The molecule has 8 rings (SSSR count). The maximum atomic E-state index is 10.6. The van der Waals surface area contributed by atoms with Crippen molar-refractivity contribution < 1.29 is 9.63 Å². The molecule has 1 spiro atoms. The fraction of sp³-hybridized carbons (Fsp3) is 0.581. The number of β-amino-alcohol motifs (C(OH)–C–C–N with tert-alkyl or cyclic N) is 1. The number of aryl methyl sites for hydroxylation is 1. The molecule has 3 atom stereocenters. The first-order chi connectivity index (χ1) is 20.7. The van der Waals surface area contributed by atoms with Crippen molar-refractivity contribution in [1.82, 2.24) is 29.8 Å². The molecular weight excluding hydrogens is 562 g/mol. The van der Waals surface area contributed by atoms with Crippen LogP contribution < -0.4 is 10.6 Å². The Balaban J connectivity index is 1.28. The van der Waals surface area contributed by atoms with Gasteiger partial charge in [-0.15, -0.1) is 11.3 Å². The van der Waals surface area contributed by atoms with Crippen LogP contribution in [0.1, 0.15) is 85.7 Å². The Morgan fingerprint density at radius 2 is 2.00 bits per heavy atom. The number of thiophene rings is 1. The van der Waals surface area contributed by atoms with Gasteiger partial charge in [0.25, 0.3) is 0 Å². The van der Waals surface area contributed by atoms with E-state index in [1.807, 2.05) is 17.8 Å². The van der Waals surface area contributed by atoms with Crippen LogP contribution in [0.25, 0.3) is 22.6 Å². The van der Waals surface area contributed by atoms with Crippen LogP contribution in [-0.4, -0.2) is 73.2 Å². The summed E-state index contributed by atoms with van der Waals surface area (Å²) in [6.45, 7) is 6.13. The van der Waals surface area contributed by atoms with Gasteiger partial charge in [-0.1, -0.05) is 5.16 Å². The van der Waals surface area contributed by atoms with Gasteiger partial charge in [-0.3, -0.25) is 0 Å². The first-order valence-corrected chi connectivity index (χ1v) is 16.3. The summed E-state index contributed by atoms with van der Waals surface area (Å²) in [6.07, 6.45) is 9.69. The van der Waals surface area contributed by atoms with E-state index in [0.29, 0.717) is 41.2 Å². The van der Waals surface area contributed by atoms with Crippen LogP contribution in [0.2, 0.25) is 0 Å². The molecule has 12 heteroatoms. The molecule has 0 aromatic carbocycles. The van der Waals surface area contributed by atoms with Crippen molar-refractivity contribution in [3.8, 4) is 17.6 Å². The normalized spacial score (nSPS) is 25.5. The molecule has 0 amide bonds. The van der Waals surface area contributed by atoms with Gasteiger partial charge in [0, 0.05) is 29.6 Å². The number of nitrogen functional groups attached to an aromatic ring is 1. The number of nitrogens with zero attached hydrogens (tertiary/aromatic N) is 8. The van der Waals surface area contributed by atoms with E-state index in [-0.39, 0.29) is 6.04 Å². The SMILES string of the molecule is C[C@@H]([C@@H]1CCCN1C)n1ncc2c(N3CC(C)(O)C3)nc(-c3noc4c3CCC[C@@]43CCCc4sc(N)c(C#N)c43)nc21. The molecule has 0 saturated carbocycles. The highest BCUT2D eigenvalue weighted by Crippen LogP contribution is 2.55. The Hall–Kier alpha value is -3.53. The lowest BCUT2D eigenvalue weighted by Crippen LogP contribution is -2.60. The average molecular weight is 600 g/mol. The van der Waals surface area contributed by atoms with Crippen molar-refractivity contribution in [1.29, 1.82) is 5.26 Å². The maximum Gasteiger partial charge on any atom is 0.186 e. The molecule has 4 aromatic heterocycles. The molecule has 2 fully saturated rings. The highest BCUT2D eigenvalue weighted by Gasteiger charge is 2.49. The first-order valence-electron chi connectivity index (χ1n) is 15.4. The number of likely N-dealkylation sites (N-methyl/N-ethyl adjacent to an activating group) is 1. The zero-order valence-electron chi connectivity index (χ0n) is 24.9. The highest BCUT2D eigenvalue weighted by atomic mass is 32.1. The predicted octanol–water partition coefficient (Wildman–Crippen LogP) is 4.18. The van der Waals surface area contributed by atoms with Crippen molar-refractivity contribution >= 4 is 33.2 Å². The number of anilines is 2. The fourth-order valence-electron chi connectivity index (χ4n) is 8.41. The van der Waals surface area contributed by atoms with Gasteiger partial charge in [-0.25, -0.2) is 14.6 Å².